The molecule has 0 radical (unpaired) electrons. The van der Waals surface area contributed by atoms with Crippen LogP contribution in [0.1, 0.15) is 62.6 Å². The van der Waals surface area contributed by atoms with Crippen molar-refractivity contribution in [2.75, 3.05) is 13.1 Å². The fourth-order valence-corrected chi connectivity index (χ4v) is 7.72. The van der Waals surface area contributed by atoms with E-state index in [9.17, 15) is 44.5 Å². The Morgan fingerprint density at radius 3 is 2.02 bits per heavy atom. The summed E-state index contributed by atoms with van der Waals surface area (Å²) in [7, 11) is 0. The van der Waals surface area contributed by atoms with Crippen LogP contribution in [-0.2, 0) is 26.4 Å². The first-order chi connectivity index (χ1) is 18.9. The zero-order valence-electron chi connectivity index (χ0n) is 22.8. The molecular weight excluding hydrogens is 578 g/mol. The quantitative estimate of drug-likeness (QED) is 0.256. The van der Waals surface area contributed by atoms with Crippen LogP contribution in [0.25, 0.3) is 0 Å². The van der Waals surface area contributed by atoms with E-state index in [1.807, 2.05) is 6.92 Å². The van der Waals surface area contributed by atoms with Crippen molar-refractivity contribution in [1.29, 1.82) is 0 Å². The Bertz CT molecular complexity index is 1260. The summed E-state index contributed by atoms with van der Waals surface area (Å²) in [5.41, 5.74) is -7.65. The van der Waals surface area contributed by atoms with Crippen molar-refractivity contribution in [1.82, 2.24) is 4.90 Å². The Kier molecular flexibility index (Phi) is 8.27. The predicted molar refractivity (Wildman–Crippen MR) is 137 cm³/mol. The van der Waals surface area contributed by atoms with Gasteiger partial charge >= 0.3 is 18.0 Å². The van der Waals surface area contributed by atoms with Crippen molar-refractivity contribution in [3.63, 3.8) is 0 Å². The average Bonchev–Trinajstić information content (AvgIpc) is 3.36. The number of carbonyl (C=O) groups is 1. The van der Waals surface area contributed by atoms with Gasteiger partial charge in [0.25, 0.3) is 0 Å². The van der Waals surface area contributed by atoms with Crippen molar-refractivity contribution in [2.45, 2.75) is 80.5 Å². The zero-order valence-corrected chi connectivity index (χ0v) is 23.6. The minimum absolute atomic E-state index is 0.0763. The second-order valence-corrected chi connectivity index (χ2v) is 13.4. The molecule has 0 aromatic heterocycles. The Labute approximate surface area is 236 Å². The fourth-order valence-electron chi connectivity index (χ4n) is 5.89. The smallest absolute Gasteiger partial charge is 0.435 e. The number of halogens is 8. The van der Waals surface area contributed by atoms with E-state index in [-0.39, 0.29) is 41.4 Å². The van der Waals surface area contributed by atoms with Gasteiger partial charge < -0.3 is 9.45 Å². The number of hydrogen-bond donors (Lipinski definition) is 0. The van der Waals surface area contributed by atoms with E-state index in [1.165, 1.54) is 19.1 Å². The summed E-state index contributed by atoms with van der Waals surface area (Å²) in [6, 6.07) is 6.39. The first-order valence-corrected chi connectivity index (χ1v) is 14.4. The van der Waals surface area contributed by atoms with Gasteiger partial charge in [0, 0.05) is 29.5 Å². The van der Waals surface area contributed by atoms with Crippen LogP contribution in [0.15, 0.2) is 47.4 Å². The highest BCUT2D eigenvalue weighted by Crippen LogP contribution is 2.54. The molecule has 2 aliphatic rings. The Morgan fingerprint density at radius 1 is 0.951 bits per heavy atom. The Hall–Kier alpha value is -2.34. The molecule has 1 saturated carbocycles. The third-order valence-corrected chi connectivity index (χ3v) is 10.7. The minimum atomic E-state index is -6.28. The normalized spacial score (nSPS) is 26.7. The molecule has 1 aliphatic heterocycles. The van der Waals surface area contributed by atoms with Crippen LogP contribution in [0.2, 0.25) is 0 Å². The monoisotopic (exact) mass is 609 g/mol. The molecule has 2 aromatic carbocycles. The molecule has 2 atom stereocenters. The lowest BCUT2D eigenvalue weighted by Crippen LogP contribution is -2.50. The first-order valence-electron chi connectivity index (χ1n) is 13.3. The summed E-state index contributed by atoms with van der Waals surface area (Å²) in [5.74, 6) is -0.241. The van der Waals surface area contributed by atoms with Crippen molar-refractivity contribution < 1.29 is 44.5 Å². The molecule has 0 N–H and O–H groups in total. The molecule has 1 saturated heterocycles. The van der Waals surface area contributed by atoms with Crippen LogP contribution in [0.3, 0.4) is 0 Å². The van der Waals surface area contributed by atoms with Crippen LogP contribution in [0, 0.1) is 24.1 Å². The van der Waals surface area contributed by atoms with Crippen LogP contribution in [0.4, 0.5) is 35.1 Å². The average molecular weight is 610 g/mol. The number of nitrogens with zero attached hydrogens (tertiary/aromatic N) is 1. The predicted octanol–water partition coefficient (Wildman–Crippen LogP) is 7.88. The maximum Gasteiger partial charge on any atom is 0.435 e. The highest BCUT2D eigenvalue weighted by atomic mass is 32.2. The number of benzene rings is 2. The SMILES string of the molecule is Cc1cc([S+]([O-])[C@@]2(c3ccc(C(F)(C(F)(F)F)C(F)(F)F)cc3)CCN(C(=O)C3(C)CCC(C)CC3)C2)ccc1F. The second kappa shape index (κ2) is 10.7. The highest BCUT2D eigenvalue weighted by Gasteiger charge is 2.73. The van der Waals surface area contributed by atoms with Crippen molar-refractivity contribution in [3.8, 4) is 0 Å². The Balaban J connectivity index is 1.76. The highest BCUT2D eigenvalue weighted by molar-refractivity contribution is 7.92. The number of aryl methyl sites for hydroxylation is 1. The zero-order chi connectivity index (χ0) is 30.6. The maximum absolute atomic E-state index is 14.7. The van der Waals surface area contributed by atoms with Gasteiger partial charge in [-0.2, -0.15) is 26.3 Å². The van der Waals surface area contributed by atoms with Gasteiger partial charge in [0.1, 0.15) is 5.82 Å². The van der Waals surface area contributed by atoms with Gasteiger partial charge in [-0.3, -0.25) is 4.79 Å². The van der Waals surface area contributed by atoms with Crippen molar-refractivity contribution in [3.05, 3.63) is 65.0 Å². The standard InChI is InChI=1S/C29H31F8NO2S/c1-18-10-12-25(3,13-11-18)24(39)38-15-14-26(17-38,41(40)22-8-9-23(30)19(2)16-22)20-4-6-21(7-5-20)27(31,28(32,33)34)29(35,36)37/h4-9,16,18H,10-15,17H2,1-3H3/t18?,25?,26-,41?/m0/s1. The Morgan fingerprint density at radius 2 is 1.51 bits per heavy atom. The molecule has 3 nitrogen and oxygen atoms in total. The number of amides is 1. The minimum Gasteiger partial charge on any atom is -0.611 e. The first kappa shape index (κ1) is 31.6. The van der Waals surface area contributed by atoms with E-state index >= 15 is 0 Å². The van der Waals surface area contributed by atoms with E-state index in [1.54, 1.807) is 4.90 Å². The van der Waals surface area contributed by atoms with Crippen LogP contribution < -0.4 is 0 Å². The number of carbonyl (C=O) groups excluding carboxylic acids is 1. The molecule has 12 heteroatoms. The molecule has 2 fully saturated rings. The van der Waals surface area contributed by atoms with Gasteiger partial charge in [-0.25, -0.2) is 8.78 Å². The van der Waals surface area contributed by atoms with Crippen LogP contribution in [0.5, 0.6) is 0 Å². The second-order valence-electron chi connectivity index (χ2n) is 11.6. The molecule has 41 heavy (non-hydrogen) atoms. The molecule has 1 unspecified atom stereocenters. The van der Waals surface area contributed by atoms with Gasteiger partial charge in [0.15, 0.2) is 9.64 Å². The molecule has 1 aliphatic carbocycles. The van der Waals surface area contributed by atoms with Crippen molar-refractivity contribution in [2.24, 2.45) is 11.3 Å². The molecule has 2 aromatic rings. The lowest BCUT2D eigenvalue weighted by molar-refractivity contribution is -0.348. The fraction of sp³-hybridized carbons (Fsp3) is 0.552. The third-order valence-electron chi connectivity index (χ3n) is 8.70. The lowest BCUT2D eigenvalue weighted by atomic mass is 9.71. The van der Waals surface area contributed by atoms with Crippen LogP contribution >= 0.6 is 0 Å². The topological polar surface area (TPSA) is 43.4 Å². The van der Waals surface area contributed by atoms with E-state index in [2.05, 4.69) is 6.92 Å². The summed E-state index contributed by atoms with van der Waals surface area (Å²) in [4.78, 5) is 15.4. The van der Waals surface area contributed by atoms with E-state index in [0.29, 0.717) is 30.9 Å². The van der Waals surface area contributed by atoms with Crippen LogP contribution in [-0.4, -0.2) is 40.8 Å². The summed E-state index contributed by atoms with van der Waals surface area (Å²) >= 11 is -2.01. The maximum atomic E-state index is 14.7. The van der Waals surface area contributed by atoms with Gasteiger partial charge in [0.05, 0.1) is 6.54 Å². The largest absolute Gasteiger partial charge is 0.611 e. The molecule has 4 rings (SSSR count). The molecular formula is C29H31F8NO2S. The number of likely N-dealkylation sites (tertiary alicyclic amines) is 1. The third kappa shape index (κ3) is 5.46. The van der Waals surface area contributed by atoms with E-state index in [4.69, 9.17) is 0 Å². The summed E-state index contributed by atoms with van der Waals surface area (Å²) in [6.07, 6.45) is -9.46. The van der Waals surface area contributed by atoms with Crippen molar-refractivity contribution >= 4 is 17.1 Å². The van der Waals surface area contributed by atoms with E-state index in [0.717, 1.165) is 31.0 Å². The molecule has 1 heterocycles. The van der Waals surface area contributed by atoms with Gasteiger partial charge in [0.2, 0.25) is 5.91 Å². The number of alkyl halides is 7. The van der Waals surface area contributed by atoms with E-state index < -0.39 is 50.7 Å². The van der Waals surface area contributed by atoms with Gasteiger partial charge in [-0.15, -0.1) is 0 Å². The van der Waals surface area contributed by atoms with Gasteiger partial charge in [-0.1, -0.05) is 38.1 Å². The summed E-state index contributed by atoms with van der Waals surface area (Å²) in [5, 5.41) is 0. The number of hydrogen-bond acceptors (Lipinski definition) is 2. The summed E-state index contributed by atoms with van der Waals surface area (Å²) < 4.78 is 121. The lowest BCUT2D eigenvalue weighted by Gasteiger charge is -2.38. The van der Waals surface area contributed by atoms with Gasteiger partial charge in [-0.05, 0) is 73.5 Å². The molecule has 0 spiro atoms. The molecule has 0 bridgehead atoms. The number of rotatable bonds is 5. The molecule has 1 amide bonds. The summed E-state index contributed by atoms with van der Waals surface area (Å²) in [6.45, 7) is 5.45. The molecule has 226 valence electrons.